The molecule has 0 aliphatic rings. The van der Waals surface area contributed by atoms with Gasteiger partial charge in [-0.3, -0.25) is 0 Å². The van der Waals surface area contributed by atoms with Crippen LogP contribution in [0, 0.1) is 0 Å². The van der Waals surface area contributed by atoms with Gasteiger partial charge in [-0.15, -0.1) is 12.6 Å². The van der Waals surface area contributed by atoms with Gasteiger partial charge in [-0.25, -0.2) is 0 Å². The molecule has 1 nitrogen and oxygen atoms in total. The second kappa shape index (κ2) is 6.10. The zero-order chi connectivity index (χ0) is 8.69. The van der Waals surface area contributed by atoms with Crippen molar-refractivity contribution in [3.8, 4) is 5.75 Å². The highest BCUT2D eigenvalue weighted by molar-refractivity contribution is 7.80. The lowest BCUT2D eigenvalue weighted by Gasteiger charge is -1.96. The number of benzene rings is 1. The van der Waals surface area contributed by atoms with Gasteiger partial charge >= 0.3 is 0 Å². The fourth-order valence-corrected chi connectivity index (χ4v) is 0.731. The molecule has 0 bridgehead atoms. The molecule has 0 fully saturated rings. The van der Waals surface area contributed by atoms with Gasteiger partial charge in [0.1, 0.15) is 5.75 Å². The third-order valence-corrected chi connectivity index (χ3v) is 1.37. The lowest BCUT2D eigenvalue weighted by Crippen LogP contribution is -1.79. The van der Waals surface area contributed by atoms with Crippen molar-refractivity contribution in [1.29, 1.82) is 0 Å². The van der Waals surface area contributed by atoms with E-state index in [0.717, 1.165) is 10.6 Å². The number of rotatable bonds is 1. The van der Waals surface area contributed by atoms with Crippen molar-refractivity contribution in [1.82, 2.24) is 0 Å². The molecule has 1 aromatic rings. The first kappa shape index (κ1) is 10.4. The summed E-state index contributed by atoms with van der Waals surface area (Å²) in [6.45, 7) is 4.00. The topological polar surface area (TPSA) is 9.23 Å². The van der Waals surface area contributed by atoms with Crippen LogP contribution in [0.3, 0.4) is 0 Å². The van der Waals surface area contributed by atoms with Gasteiger partial charge in [0.2, 0.25) is 0 Å². The number of ether oxygens (including phenoxy) is 1. The van der Waals surface area contributed by atoms with Crippen molar-refractivity contribution < 1.29 is 4.74 Å². The lowest BCUT2D eigenvalue weighted by atomic mass is 10.3. The van der Waals surface area contributed by atoms with E-state index in [4.69, 9.17) is 4.74 Å². The van der Waals surface area contributed by atoms with E-state index in [1.54, 1.807) is 7.11 Å². The molecule has 0 unspecified atom stereocenters. The van der Waals surface area contributed by atoms with Crippen LogP contribution in [0.1, 0.15) is 13.8 Å². The summed E-state index contributed by atoms with van der Waals surface area (Å²) in [6, 6.07) is 7.54. The Balaban J connectivity index is 0.000000461. The fraction of sp³-hybridized carbons (Fsp3) is 0.333. The Morgan fingerprint density at radius 3 is 1.91 bits per heavy atom. The molecule has 1 rings (SSSR count). The summed E-state index contributed by atoms with van der Waals surface area (Å²) >= 11 is 4.11. The van der Waals surface area contributed by atoms with Crippen molar-refractivity contribution in [2.24, 2.45) is 0 Å². The van der Waals surface area contributed by atoms with Gasteiger partial charge in [0.25, 0.3) is 0 Å². The summed E-state index contributed by atoms with van der Waals surface area (Å²) in [5.74, 6) is 0.868. The average molecular weight is 170 g/mol. The SMILES string of the molecule is CC.COc1ccc(S)cc1. The first-order valence-corrected chi connectivity index (χ1v) is 4.10. The molecular weight excluding hydrogens is 156 g/mol. The quantitative estimate of drug-likeness (QED) is 0.637. The third-order valence-electron chi connectivity index (χ3n) is 1.07. The van der Waals surface area contributed by atoms with E-state index in [1.165, 1.54) is 0 Å². The van der Waals surface area contributed by atoms with Crippen molar-refractivity contribution in [2.45, 2.75) is 18.7 Å². The van der Waals surface area contributed by atoms with Crippen molar-refractivity contribution in [3.05, 3.63) is 24.3 Å². The van der Waals surface area contributed by atoms with E-state index >= 15 is 0 Å². The van der Waals surface area contributed by atoms with Gasteiger partial charge in [0.05, 0.1) is 7.11 Å². The summed E-state index contributed by atoms with van der Waals surface area (Å²) in [7, 11) is 1.65. The Bertz CT molecular complexity index is 181. The van der Waals surface area contributed by atoms with Crippen LogP contribution in [0.25, 0.3) is 0 Å². The van der Waals surface area contributed by atoms with E-state index in [2.05, 4.69) is 12.6 Å². The Morgan fingerprint density at radius 1 is 1.09 bits per heavy atom. The number of methoxy groups -OCH3 is 1. The van der Waals surface area contributed by atoms with Crippen molar-refractivity contribution in [2.75, 3.05) is 7.11 Å². The Morgan fingerprint density at radius 2 is 1.55 bits per heavy atom. The largest absolute Gasteiger partial charge is 0.497 e. The summed E-state index contributed by atoms with van der Waals surface area (Å²) in [5.41, 5.74) is 0. The summed E-state index contributed by atoms with van der Waals surface area (Å²) in [4.78, 5) is 0.954. The molecule has 11 heavy (non-hydrogen) atoms. The average Bonchev–Trinajstić information content (AvgIpc) is 2.10. The highest BCUT2D eigenvalue weighted by Gasteiger charge is 1.86. The molecule has 0 amide bonds. The maximum absolute atomic E-state index is 4.94. The van der Waals surface area contributed by atoms with Crippen LogP contribution >= 0.6 is 12.6 Å². The van der Waals surface area contributed by atoms with Crippen LogP contribution in [0.2, 0.25) is 0 Å². The lowest BCUT2D eigenvalue weighted by molar-refractivity contribution is 0.414. The minimum atomic E-state index is 0.868. The van der Waals surface area contributed by atoms with E-state index in [9.17, 15) is 0 Å². The number of hydrogen-bond donors (Lipinski definition) is 1. The first-order chi connectivity index (χ1) is 5.33. The van der Waals surface area contributed by atoms with Crippen molar-refractivity contribution >= 4 is 12.6 Å². The second-order valence-electron chi connectivity index (χ2n) is 1.70. The minimum absolute atomic E-state index is 0.868. The van der Waals surface area contributed by atoms with E-state index in [1.807, 2.05) is 38.1 Å². The molecule has 0 saturated heterocycles. The molecule has 0 N–H and O–H groups in total. The Kier molecular flexibility index (Phi) is 5.75. The third kappa shape index (κ3) is 3.94. The Labute approximate surface area is 73.8 Å². The zero-order valence-electron chi connectivity index (χ0n) is 7.16. The molecule has 0 radical (unpaired) electrons. The van der Waals surface area contributed by atoms with Crippen LogP contribution in [-0.4, -0.2) is 7.11 Å². The molecule has 0 aliphatic heterocycles. The summed E-state index contributed by atoms with van der Waals surface area (Å²) < 4.78 is 4.94. The molecule has 2 heteroatoms. The van der Waals surface area contributed by atoms with E-state index in [0.29, 0.717) is 0 Å². The molecule has 0 aliphatic carbocycles. The van der Waals surface area contributed by atoms with Crippen LogP contribution < -0.4 is 4.74 Å². The molecule has 0 aromatic heterocycles. The van der Waals surface area contributed by atoms with Crippen LogP contribution in [0.4, 0.5) is 0 Å². The minimum Gasteiger partial charge on any atom is -0.497 e. The smallest absolute Gasteiger partial charge is 0.118 e. The molecule has 0 atom stereocenters. The maximum Gasteiger partial charge on any atom is 0.118 e. The van der Waals surface area contributed by atoms with E-state index in [-0.39, 0.29) is 0 Å². The van der Waals surface area contributed by atoms with Crippen LogP contribution in [0.5, 0.6) is 5.75 Å². The summed E-state index contributed by atoms with van der Waals surface area (Å²) in [5, 5.41) is 0. The Hall–Kier alpha value is -0.630. The van der Waals surface area contributed by atoms with Gasteiger partial charge in [-0.05, 0) is 24.3 Å². The van der Waals surface area contributed by atoms with Gasteiger partial charge in [-0.1, -0.05) is 13.8 Å². The van der Waals surface area contributed by atoms with Gasteiger partial charge in [0, 0.05) is 4.90 Å². The molecular formula is C9H14OS. The number of hydrogen-bond acceptors (Lipinski definition) is 2. The van der Waals surface area contributed by atoms with Gasteiger partial charge in [-0.2, -0.15) is 0 Å². The highest BCUT2D eigenvalue weighted by atomic mass is 32.1. The standard InChI is InChI=1S/C7H8OS.C2H6/c1-8-6-2-4-7(9)5-3-6;1-2/h2-5,9H,1H3;1-2H3. The predicted molar refractivity (Wildman–Crippen MR) is 51.6 cm³/mol. The molecule has 1 aromatic carbocycles. The molecule has 62 valence electrons. The first-order valence-electron chi connectivity index (χ1n) is 3.66. The van der Waals surface area contributed by atoms with E-state index < -0.39 is 0 Å². The highest BCUT2D eigenvalue weighted by Crippen LogP contribution is 2.12. The maximum atomic E-state index is 4.94. The normalized spacial score (nSPS) is 8.00. The van der Waals surface area contributed by atoms with Crippen LogP contribution in [0.15, 0.2) is 29.2 Å². The van der Waals surface area contributed by atoms with Gasteiger partial charge in [0.15, 0.2) is 0 Å². The zero-order valence-corrected chi connectivity index (χ0v) is 8.06. The van der Waals surface area contributed by atoms with Crippen molar-refractivity contribution in [3.63, 3.8) is 0 Å². The van der Waals surface area contributed by atoms with Gasteiger partial charge < -0.3 is 4.74 Å². The van der Waals surface area contributed by atoms with Crippen LogP contribution in [-0.2, 0) is 0 Å². The predicted octanol–water partition coefficient (Wildman–Crippen LogP) is 3.01. The molecule has 0 heterocycles. The fourth-order valence-electron chi connectivity index (χ4n) is 0.582. The molecule has 0 spiro atoms. The number of thiol groups is 1. The summed E-state index contributed by atoms with van der Waals surface area (Å²) in [6.07, 6.45) is 0. The second-order valence-corrected chi connectivity index (χ2v) is 2.21. The monoisotopic (exact) mass is 170 g/mol. The molecule has 0 saturated carbocycles.